The van der Waals surface area contributed by atoms with E-state index in [0.29, 0.717) is 6.61 Å². The molecule has 0 unspecified atom stereocenters. The van der Waals surface area contributed by atoms with E-state index in [1.165, 1.54) is 12.8 Å². The van der Waals surface area contributed by atoms with Crippen molar-refractivity contribution in [3.05, 3.63) is 0 Å². The smallest absolute Gasteiger partial charge is 0.110 e. The molecule has 9 heavy (non-hydrogen) atoms. The Balaban J connectivity index is 2.96. The lowest BCUT2D eigenvalue weighted by molar-refractivity contribution is 0.298. The molecule has 0 fully saturated rings. The summed E-state index contributed by atoms with van der Waals surface area (Å²) in [5, 5.41) is 0. The molecule has 0 radical (unpaired) electrons. The summed E-state index contributed by atoms with van der Waals surface area (Å²) in [4.78, 5) is 0. The molecule has 0 aromatic carbocycles. The van der Waals surface area contributed by atoms with E-state index in [1.54, 1.807) is 0 Å². The van der Waals surface area contributed by atoms with E-state index in [2.05, 4.69) is 19.0 Å². The van der Waals surface area contributed by atoms with E-state index in [4.69, 9.17) is 4.74 Å². The molecule has 52 valence electrons. The lowest BCUT2D eigenvalue weighted by atomic mass is 10.3. The average Bonchev–Trinajstić information content (AvgIpc) is 1.89. The normalized spacial score (nSPS) is 7.78. The van der Waals surface area contributed by atoms with Crippen molar-refractivity contribution < 1.29 is 4.74 Å². The van der Waals surface area contributed by atoms with Crippen molar-refractivity contribution in [1.29, 1.82) is 0 Å². The van der Waals surface area contributed by atoms with Gasteiger partial charge in [0.2, 0.25) is 0 Å². The monoisotopic (exact) mass is 126 g/mol. The standard InChI is InChI=1S/C8H14O/c1-3-5-6-7-8-9-4-2/h3-6H2,1-2H3. The fourth-order valence-corrected chi connectivity index (χ4v) is 0.439. The third-order valence-electron chi connectivity index (χ3n) is 0.944. The summed E-state index contributed by atoms with van der Waals surface area (Å²) >= 11 is 0. The first kappa shape index (κ1) is 8.36. The number of hydrogen-bond donors (Lipinski definition) is 0. The van der Waals surface area contributed by atoms with Crippen LogP contribution in [0.25, 0.3) is 0 Å². The highest BCUT2D eigenvalue weighted by atomic mass is 16.5. The van der Waals surface area contributed by atoms with Gasteiger partial charge in [0.15, 0.2) is 0 Å². The Morgan fingerprint density at radius 1 is 1.33 bits per heavy atom. The Morgan fingerprint density at radius 3 is 2.67 bits per heavy atom. The molecule has 1 nitrogen and oxygen atoms in total. The van der Waals surface area contributed by atoms with Crippen molar-refractivity contribution in [1.82, 2.24) is 0 Å². The molecule has 0 bridgehead atoms. The highest BCUT2D eigenvalue weighted by Gasteiger charge is 1.75. The lowest BCUT2D eigenvalue weighted by Gasteiger charge is -1.85. The second kappa shape index (κ2) is 7.36. The van der Waals surface area contributed by atoms with Crippen LogP contribution in [0, 0.1) is 12.0 Å². The fraction of sp³-hybridized carbons (Fsp3) is 0.750. The summed E-state index contributed by atoms with van der Waals surface area (Å²) in [5.74, 6) is 2.92. The van der Waals surface area contributed by atoms with Crippen LogP contribution in [0.1, 0.15) is 33.1 Å². The van der Waals surface area contributed by atoms with Crippen molar-refractivity contribution in [3.8, 4) is 12.0 Å². The Labute approximate surface area is 57.4 Å². The second-order valence-electron chi connectivity index (χ2n) is 1.82. The molecule has 0 spiro atoms. The van der Waals surface area contributed by atoms with Gasteiger partial charge in [0.25, 0.3) is 0 Å². The van der Waals surface area contributed by atoms with Crippen molar-refractivity contribution in [2.45, 2.75) is 33.1 Å². The Kier molecular flexibility index (Phi) is 6.84. The molecule has 0 heterocycles. The van der Waals surface area contributed by atoms with Crippen LogP contribution in [0.4, 0.5) is 0 Å². The molecular weight excluding hydrogens is 112 g/mol. The quantitative estimate of drug-likeness (QED) is 0.416. The van der Waals surface area contributed by atoms with Crippen molar-refractivity contribution >= 4 is 0 Å². The average molecular weight is 126 g/mol. The van der Waals surface area contributed by atoms with E-state index in [9.17, 15) is 0 Å². The van der Waals surface area contributed by atoms with E-state index < -0.39 is 0 Å². The van der Waals surface area contributed by atoms with Gasteiger partial charge in [-0.25, -0.2) is 0 Å². The molecule has 1 heteroatoms. The van der Waals surface area contributed by atoms with Crippen molar-refractivity contribution in [2.75, 3.05) is 6.61 Å². The molecular formula is C8H14O. The first-order chi connectivity index (χ1) is 4.41. The molecule has 0 saturated heterocycles. The molecule has 0 rings (SSSR count). The van der Waals surface area contributed by atoms with Crippen molar-refractivity contribution in [3.63, 3.8) is 0 Å². The van der Waals surface area contributed by atoms with Gasteiger partial charge < -0.3 is 4.74 Å². The van der Waals surface area contributed by atoms with Gasteiger partial charge in [0, 0.05) is 6.42 Å². The predicted octanol–water partition coefficient (Wildman–Crippen LogP) is 2.17. The zero-order chi connectivity index (χ0) is 6.95. The third kappa shape index (κ3) is 7.36. The number of ether oxygens (including phenoxy) is 1. The summed E-state index contributed by atoms with van der Waals surface area (Å²) in [6.07, 6.45) is 5.98. The first-order valence-corrected chi connectivity index (χ1v) is 3.51. The zero-order valence-corrected chi connectivity index (χ0v) is 6.24. The molecule has 0 aliphatic carbocycles. The van der Waals surface area contributed by atoms with Crippen LogP contribution in [0.2, 0.25) is 0 Å². The van der Waals surface area contributed by atoms with Crippen LogP contribution >= 0.6 is 0 Å². The largest absolute Gasteiger partial charge is 0.447 e. The minimum absolute atomic E-state index is 0.694. The maximum Gasteiger partial charge on any atom is 0.110 e. The molecule has 0 atom stereocenters. The molecule has 0 aromatic rings. The molecule has 0 aromatic heterocycles. The molecule has 0 aliphatic rings. The number of hydrogen-bond acceptors (Lipinski definition) is 1. The Bertz CT molecular complexity index is 96.9. The zero-order valence-electron chi connectivity index (χ0n) is 6.24. The summed E-state index contributed by atoms with van der Waals surface area (Å²) < 4.78 is 4.82. The van der Waals surface area contributed by atoms with Gasteiger partial charge >= 0.3 is 0 Å². The van der Waals surface area contributed by atoms with Crippen LogP contribution in [-0.4, -0.2) is 6.61 Å². The minimum atomic E-state index is 0.694. The summed E-state index contributed by atoms with van der Waals surface area (Å²) in [5.41, 5.74) is 0. The van der Waals surface area contributed by atoms with Crippen LogP contribution in [0.15, 0.2) is 0 Å². The van der Waals surface area contributed by atoms with Crippen molar-refractivity contribution in [2.24, 2.45) is 0 Å². The van der Waals surface area contributed by atoms with E-state index in [-0.39, 0.29) is 0 Å². The topological polar surface area (TPSA) is 9.23 Å². The van der Waals surface area contributed by atoms with Gasteiger partial charge in [-0.1, -0.05) is 19.3 Å². The van der Waals surface area contributed by atoms with Gasteiger partial charge in [0.1, 0.15) is 6.11 Å². The van der Waals surface area contributed by atoms with E-state index >= 15 is 0 Å². The Morgan fingerprint density at radius 2 is 2.11 bits per heavy atom. The van der Waals surface area contributed by atoms with Gasteiger partial charge in [-0.05, 0) is 13.3 Å². The molecule has 0 saturated carbocycles. The second-order valence-corrected chi connectivity index (χ2v) is 1.82. The van der Waals surface area contributed by atoms with Crippen LogP contribution in [0.5, 0.6) is 0 Å². The maximum absolute atomic E-state index is 4.82. The number of rotatable bonds is 3. The first-order valence-electron chi connectivity index (χ1n) is 3.51. The van der Waals surface area contributed by atoms with Crippen LogP contribution in [0.3, 0.4) is 0 Å². The molecule has 0 aliphatic heterocycles. The van der Waals surface area contributed by atoms with Gasteiger partial charge in [-0.3, -0.25) is 0 Å². The lowest BCUT2D eigenvalue weighted by Crippen LogP contribution is -1.76. The fourth-order valence-electron chi connectivity index (χ4n) is 0.439. The third-order valence-corrected chi connectivity index (χ3v) is 0.944. The molecule has 0 amide bonds. The summed E-state index contributed by atoms with van der Waals surface area (Å²) in [7, 11) is 0. The van der Waals surface area contributed by atoms with Crippen LogP contribution in [-0.2, 0) is 4.74 Å². The van der Waals surface area contributed by atoms with Gasteiger partial charge in [0.05, 0.1) is 6.61 Å². The molecule has 0 N–H and O–H groups in total. The minimum Gasteiger partial charge on any atom is -0.447 e. The van der Waals surface area contributed by atoms with E-state index in [1.807, 2.05) is 6.92 Å². The highest BCUT2D eigenvalue weighted by Crippen LogP contribution is 1.89. The number of unbranched alkanes of at least 4 members (excludes halogenated alkanes) is 2. The summed E-state index contributed by atoms with van der Waals surface area (Å²) in [6, 6.07) is 0. The maximum atomic E-state index is 4.82. The van der Waals surface area contributed by atoms with E-state index in [0.717, 1.165) is 6.42 Å². The summed E-state index contributed by atoms with van der Waals surface area (Å²) in [6.45, 7) is 4.79. The Hall–Kier alpha value is -0.640. The van der Waals surface area contributed by atoms with Crippen LogP contribution < -0.4 is 0 Å². The van der Waals surface area contributed by atoms with Gasteiger partial charge in [-0.2, -0.15) is 0 Å². The SMILES string of the molecule is CCCCC#COCC. The van der Waals surface area contributed by atoms with Gasteiger partial charge in [-0.15, -0.1) is 0 Å². The predicted molar refractivity (Wildman–Crippen MR) is 38.9 cm³/mol. The highest BCUT2D eigenvalue weighted by molar-refractivity contribution is 4.90.